The summed E-state index contributed by atoms with van der Waals surface area (Å²) in [6.07, 6.45) is 18.4. The Kier molecular flexibility index (Phi) is 8.32. The quantitative estimate of drug-likeness (QED) is 0.256. The molecule has 8 atom stereocenters. The van der Waals surface area contributed by atoms with Gasteiger partial charge in [-0.15, -0.1) is 0 Å². The third-order valence-electron chi connectivity index (χ3n) is 14.7. The van der Waals surface area contributed by atoms with Gasteiger partial charge >= 0.3 is 0 Å². The second-order valence-electron chi connectivity index (χ2n) is 16.7. The smallest absolute Gasteiger partial charge is 0.150 e. The number of rotatable bonds is 6. The molecule has 0 radical (unpaired) electrons. The third-order valence-corrected chi connectivity index (χ3v) is 15.7. The van der Waals surface area contributed by atoms with Crippen LogP contribution >= 0.6 is 11.8 Å². The van der Waals surface area contributed by atoms with Crippen LogP contribution in [0.25, 0.3) is 5.57 Å². The van der Waals surface area contributed by atoms with E-state index in [9.17, 15) is 4.79 Å². The summed E-state index contributed by atoms with van der Waals surface area (Å²) in [5, 5.41) is 4.30. The van der Waals surface area contributed by atoms with Gasteiger partial charge in [0.1, 0.15) is 6.29 Å². The molecule has 1 aromatic rings. The number of fused-ring (bicyclic) bond motifs is 7. The lowest BCUT2D eigenvalue weighted by molar-refractivity contribution is -0.170. The Morgan fingerprint density at radius 3 is 2.43 bits per heavy atom. The molecular formula is C40H58N2OS. The van der Waals surface area contributed by atoms with Gasteiger partial charge in [-0.25, -0.2) is 0 Å². The normalized spacial score (nSPS) is 42.5. The molecule has 6 aliphatic rings. The summed E-state index contributed by atoms with van der Waals surface area (Å²) in [5.41, 5.74) is 6.65. The summed E-state index contributed by atoms with van der Waals surface area (Å²) < 4.78 is 0. The SMILES string of the molecule is C/C=C1\CCC2(NCCN3CCSCC3)CCC3C(CCC4C3(C)CCC3C(C)(C)C(c5ccc(C=O)cc5)=CCC34C)[C@@H]12. The van der Waals surface area contributed by atoms with E-state index in [1.54, 1.807) is 5.57 Å². The number of hydrogen-bond acceptors (Lipinski definition) is 4. The second-order valence-corrected chi connectivity index (χ2v) is 17.9. The first kappa shape index (κ1) is 31.3. The van der Waals surface area contributed by atoms with Crippen molar-refractivity contribution in [1.82, 2.24) is 10.2 Å². The van der Waals surface area contributed by atoms with Gasteiger partial charge in [0.25, 0.3) is 0 Å². The van der Waals surface area contributed by atoms with Gasteiger partial charge in [-0.1, -0.05) is 69.7 Å². The van der Waals surface area contributed by atoms with Gasteiger partial charge in [0.15, 0.2) is 0 Å². The number of nitrogens with one attached hydrogen (secondary N) is 1. The summed E-state index contributed by atoms with van der Waals surface area (Å²) in [7, 11) is 0. The Morgan fingerprint density at radius 2 is 1.70 bits per heavy atom. The first-order chi connectivity index (χ1) is 21.2. The van der Waals surface area contributed by atoms with Gasteiger partial charge in [-0.3, -0.25) is 4.79 Å². The van der Waals surface area contributed by atoms with E-state index in [4.69, 9.17) is 0 Å². The van der Waals surface area contributed by atoms with Gasteiger partial charge in [0.05, 0.1) is 0 Å². The Labute approximate surface area is 272 Å². The highest BCUT2D eigenvalue weighted by Gasteiger charge is 2.65. The van der Waals surface area contributed by atoms with E-state index in [0.717, 1.165) is 42.1 Å². The first-order valence-corrected chi connectivity index (χ1v) is 19.3. The lowest BCUT2D eigenvalue weighted by atomic mass is 9.37. The number of benzene rings is 1. The molecule has 240 valence electrons. The van der Waals surface area contributed by atoms with Crippen LogP contribution in [0.1, 0.15) is 108 Å². The number of carbonyl (C=O) groups is 1. The van der Waals surface area contributed by atoms with Crippen molar-refractivity contribution in [1.29, 1.82) is 0 Å². The minimum atomic E-state index is 0.135. The number of nitrogens with zero attached hydrogens (tertiary/aromatic N) is 1. The van der Waals surface area contributed by atoms with Crippen molar-refractivity contribution in [2.75, 3.05) is 37.7 Å². The molecule has 4 saturated carbocycles. The summed E-state index contributed by atoms with van der Waals surface area (Å²) in [4.78, 5) is 14.0. The van der Waals surface area contributed by atoms with Crippen LogP contribution in [0, 0.1) is 45.8 Å². The fourth-order valence-corrected chi connectivity index (χ4v) is 13.8. The van der Waals surface area contributed by atoms with Gasteiger partial charge in [-0.2, -0.15) is 11.8 Å². The largest absolute Gasteiger partial charge is 0.309 e. The molecule has 5 fully saturated rings. The summed E-state index contributed by atoms with van der Waals surface area (Å²) in [5.74, 6) is 6.57. The fourth-order valence-electron chi connectivity index (χ4n) is 12.8. The van der Waals surface area contributed by atoms with E-state index in [2.05, 4.69) is 80.9 Å². The molecular weight excluding hydrogens is 557 g/mol. The standard InChI is InChI=1S/C40H58N2OS/c1-6-29-13-19-40(41-21-22-42-23-25-44-26-24-42)20-15-33-31(36(29)40)11-12-35-38(33,4)18-16-34-37(2,3)32(14-17-39(34,35)5)30-9-7-28(27-43)8-10-30/h6-10,14,27,31,33-36,41H,11-13,15-26H2,1-5H3/b29-6+/t31?,33?,34?,35?,36-,38?,39?,40?/m1/s1. The molecule has 1 aromatic carbocycles. The van der Waals surface area contributed by atoms with E-state index in [0.29, 0.717) is 22.3 Å². The third kappa shape index (κ3) is 4.86. The highest BCUT2D eigenvalue weighted by molar-refractivity contribution is 7.99. The Balaban J connectivity index is 1.13. The molecule has 44 heavy (non-hydrogen) atoms. The maximum absolute atomic E-state index is 11.3. The van der Waals surface area contributed by atoms with Crippen LogP contribution in [0.4, 0.5) is 0 Å². The number of aldehydes is 1. The Hall–Kier alpha value is -1.36. The zero-order valence-electron chi connectivity index (χ0n) is 28.3. The zero-order valence-corrected chi connectivity index (χ0v) is 29.1. The lowest BCUT2D eigenvalue weighted by Crippen LogP contribution is -2.64. The minimum Gasteiger partial charge on any atom is -0.309 e. The zero-order chi connectivity index (χ0) is 30.7. The van der Waals surface area contributed by atoms with E-state index in [1.807, 2.05) is 12.1 Å². The van der Waals surface area contributed by atoms with Crippen molar-refractivity contribution in [3.63, 3.8) is 0 Å². The molecule has 3 nitrogen and oxygen atoms in total. The summed E-state index contributed by atoms with van der Waals surface area (Å²) >= 11 is 2.12. The molecule has 1 N–H and O–H groups in total. The van der Waals surface area contributed by atoms with Crippen LogP contribution in [-0.4, -0.2) is 54.4 Å². The van der Waals surface area contributed by atoms with E-state index >= 15 is 0 Å². The van der Waals surface area contributed by atoms with Crippen molar-refractivity contribution in [3.05, 3.63) is 53.1 Å². The monoisotopic (exact) mass is 614 g/mol. The molecule has 0 spiro atoms. The van der Waals surface area contributed by atoms with Crippen molar-refractivity contribution in [2.45, 2.75) is 97.9 Å². The second kappa shape index (κ2) is 11.7. The minimum absolute atomic E-state index is 0.135. The average molecular weight is 615 g/mol. The van der Waals surface area contributed by atoms with Gasteiger partial charge in [-0.05, 0) is 116 Å². The molecule has 0 aromatic heterocycles. The van der Waals surface area contributed by atoms with E-state index in [1.165, 1.54) is 100 Å². The maximum Gasteiger partial charge on any atom is 0.150 e. The highest BCUT2D eigenvalue weighted by Crippen LogP contribution is 2.72. The van der Waals surface area contributed by atoms with Gasteiger partial charge in [0, 0.05) is 54.7 Å². The Morgan fingerprint density at radius 1 is 0.932 bits per heavy atom. The first-order valence-electron chi connectivity index (χ1n) is 18.1. The predicted molar refractivity (Wildman–Crippen MR) is 187 cm³/mol. The number of allylic oxidation sites excluding steroid dienone is 3. The topological polar surface area (TPSA) is 32.3 Å². The summed E-state index contributed by atoms with van der Waals surface area (Å²) in [6, 6.07) is 8.37. The molecule has 5 aliphatic carbocycles. The molecule has 0 bridgehead atoms. The van der Waals surface area contributed by atoms with Crippen LogP contribution in [0.3, 0.4) is 0 Å². The number of carbonyl (C=O) groups excluding carboxylic acids is 1. The van der Waals surface area contributed by atoms with Crippen LogP contribution in [0.5, 0.6) is 0 Å². The molecule has 4 heteroatoms. The van der Waals surface area contributed by atoms with Gasteiger partial charge in [0.2, 0.25) is 0 Å². The van der Waals surface area contributed by atoms with Crippen LogP contribution in [0.2, 0.25) is 0 Å². The van der Waals surface area contributed by atoms with E-state index < -0.39 is 0 Å². The lowest BCUT2D eigenvalue weighted by Gasteiger charge is -2.68. The van der Waals surface area contributed by atoms with E-state index in [-0.39, 0.29) is 5.41 Å². The molecule has 0 amide bonds. The highest BCUT2D eigenvalue weighted by atomic mass is 32.2. The van der Waals surface area contributed by atoms with Crippen molar-refractivity contribution in [2.24, 2.45) is 45.8 Å². The van der Waals surface area contributed by atoms with Crippen molar-refractivity contribution in [3.8, 4) is 0 Å². The molecule has 1 heterocycles. The Bertz CT molecular complexity index is 1290. The summed E-state index contributed by atoms with van der Waals surface area (Å²) in [6.45, 7) is 17.8. The van der Waals surface area contributed by atoms with Crippen molar-refractivity contribution < 1.29 is 4.79 Å². The van der Waals surface area contributed by atoms with Crippen molar-refractivity contribution >= 4 is 23.6 Å². The van der Waals surface area contributed by atoms with Crippen LogP contribution in [0.15, 0.2) is 42.0 Å². The fraction of sp³-hybridized carbons (Fsp3) is 0.725. The number of hydrogen-bond donors (Lipinski definition) is 1. The molecule has 1 saturated heterocycles. The molecule has 7 rings (SSSR count). The molecule has 1 aliphatic heterocycles. The number of thioether (sulfide) groups is 1. The van der Waals surface area contributed by atoms with Crippen LogP contribution in [-0.2, 0) is 0 Å². The maximum atomic E-state index is 11.3. The average Bonchev–Trinajstić information content (AvgIpc) is 3.40. The van der Waals surface area contributed by atoms with Crippen LogP contribution < -0.4 is 5.32 Å². The predicted octanol–water partition coefficient (Wildman–Crippen LogP) is 8.90. The molecule has 7 unspecified atom stereocenters. The van der Waals surface area contributed by atoms with Gasteiger partial charge < -0.3 is 10.2 Å².